The Hall–Kier alpha value is -2.90. The minimum absolute atomic E-state index is 0.0437. The van der Waals surface area contributed by atoms with Crippen LogP contribution >= 0.6 is 0 Å². The van der Waals surface area contributed by atoms with E-state index in [4.69, 9.17) is 9.47 Å². The third kappa shape index (κ3) is 6.12. The number of carbonyl (C=O) groups excluding carboxylic acids is 1. The van der Waals surface area contributed by atoms with Gasteiger partial charge in [0.2, 0.25) is 5.91 Å². The van der Waals surface area contributed by atoms with Crippen molar-refractivity contribution in [1.29, 1.82) is 0 Å². The van der Waals surface area contributed by atoms with Crippen molar-refractivity contribution in [3.05, 3.63) is 53.6 Å². The molecule has 0 aromatic heterocycles. The number of alkyl halides is 3. The number of piperidine rings is 1. The van der Waals surface area contributed by atoms with Crippen molar-refractivity contribution >= 4 is 5.91 Å². The maximum Gasteiger partial charge on any atom is 0.573 e. The van der Waals surface area contributed by atoms with Crippen molar-refractivity contribution in [3.63, 3.8) is 0 Å². The Labute approximate surface area is 191 Å². The first-order valence-electron chi connectivity index (χ1n) is 11.3. The fourth-order valence-electron chi connectivity index (χ4n) is 4.67. The van der Waals surface area contributed by atoms with Gasteiger partial charge in [0.05, 0.1) is 13.2 Å². The molecule has 1 amide bonds. The van der Waals surface area contributed by atoms with Gasteiger partial charge in [0, 0.05) is 18.4 Å². The molecule has 0 spiro atoms. The Morgan fingerprint density at radius 3 is 2.42 bits per heavy atom. The first-order valence-corrected chi connectivity index (χ1v) is 11.3. The Morgan fingerprint density at radius 2 is 1.76 bits per heavy atom. The summed E-state index contributed by atoms with van der Waals surface area (Å²) in [5, 5.41) is 2.98. The number of ether oxygens (including phenoxy) is 3. The first-order chi connectivity index (χ1) is 15.8. The predicted molar refractivity (Wildman–Crippen MR) is 117 cm³/mol. The Balaban J connectivity index is 1.44. The molecule has 2 aromatic carbocycles. The summed E-state index contributed by atoms with van der Waals surface area (Å²) in [4.78, 5) is 12.5. The van der Waals surface area contributed by atoms with Crippen molar-refractivity contribution in [2.45, 2.75) is 56.9 Å². The van der Waals surface area contributed by atoms with Crippen molar-refractivity contribution in [1.82, 2.24) is 5.32 Å². The highest BCUT2D eigenvalue weighted by atomic mass is 19.4. The van der Waals surface area contributed by atoms with E-state index in [1.807, 2.05) is 18.2 Å². The minimum atomic E-state index is -4.73. The third-order valence-corrected chi connectivity index (χ3v) is 6.36. The zero-order valence-corrected chi connectivity index (χ0v) is 18.5. The molecule has 8 heteroatoms. The lowest BCUT2D eigenvalue weighted by Gasteiger charge is -2.30. The summed E-state index contributed by atoms with van der Waals surface area (Å²) < 4.78 is 52.7. The second kappa shape index (κ2) is 9.93. The zero-order valence-electron chi connectivity index (χ0n) is 18.5. The highest BCUT2D eigenvalue weighted by Crippen LogP contribution is 2.37. The molecule has 1 saturated carbocycles. The number of rotatable bonds is 7. The normalized spacial score (nSPS) is 21.5. The predicted octanol–water partition coefficient (Wildman–Crippen LogP) is 5.38. The lowest BCUT2D eigenvalue weighted by atomic mass is 9.82. The van der Waals surface area contributed by atoms with Crippen LogP contribution in [-0.2, 0) is 11.2 Å². The molecule has 33 heavy (non-hydrogen) atoms. The molecule has 2 fully saturated rings. The molecule has 0 radical (unpaired) electrons. The Kier molecular flexibility index (Phi) is 7.00. The number of carbonyl (C=O) groups is 1. The monoisotopic (exact) mass is 463 g/mol. The van der Waals surface area contributed by atoms with Gasteiger partial charge in [0.15, 0.2) is 11.5 Å². The third-order valence-electron chi connectivity index (χ3n) is 6.36. The van der Waals surface area contributed by atoms with E-state index in [1.165, 1.54) is 25.0 Å². The quantitative estimate of drug-likeness (QED) is 0.599. The molecule has 2 aliphatic rings. The molecule has 0 bridgehead atoms. The van der Waals surface area contributed by atoms with E-state index in [0.717, 1.165) is 29.7 Å². The van der Waals surface area contributed by atoms with Crippen LogP contribution in [-0.4, -0.2) is 32.0 Å². The van der Waals surface area contributed by atoms with E-state index in [2.05, 4.69) is 10.1 Å². The van der Waals surface area contributed by atoms with E-state index in [1.54, 1.807) is 19.2 Å². The maximum absolute atomic E-state index is 12.5. The number of methoxy groups -OCH3 is 1. The summed E-state index contributed by atoms with van der Waals surface area (Å²) in [6, 6.07) is 11.6. The van der Waals surface area contributed by atoms with E-state index < -0.39 is 6.36 Å². The molecule has 2 aromatic rings. The minimum Gasteiger partial charge on any atom is -0.493 e. The molecular weight excluding hydrogens is 435 g/mol. The summed E-state index contributed by atoms with van der Waals surface area (Å²) in [7, 11) is 1.62. The molecule has 0 unspecified atom stereocenters. The van der Waals surface area contributed by atoms with Gasteiger partial charge in [-0.3, -0.25) is 4.79 Å². The molecule has 2 atom stereocenters. The average molecular weight is 463 g/mol. The van der Waals surface area contributed by atoms with Gasteiger partial charge in [-0.1, -0.05) is 18.2 Å². The van der Waals surface area contributed by atoms with E-state index in [-0.39, 0.29) is 29.6 Å². The lowest BCUT2D eigenvalue weighted by molar-refractivity contribution is -0.274. The fourth-order valence-corrected chi connectivity index (χ4v) is 4.67. The van der Waals surface area contributed by atoms with Crippen LogP contribution in [0.1, 0.15) is 49.1 Å². The van der Waals surface area contributed by atoms with Crippen LogP contribution in [0.5, 0.6) is 17.2 Å². The van der Waals surface area contributed by atoms with Gasteiger partial charge in [-0.25, -0.2) is 0 Å². The fraction of sp³-hybridized carbons (Fsp3) is 0.480. The lowest BCUT2D eigenvalue weighted by Crippen LogP contribution is -2.41. The van der Waals surface area contributed by atoms with Crippen LogP contribution < -0.4 is 19.5 Å². The first kappa shape index (κ1) is 23.3. The summed E-state index contributed by atoms with van der Waals surface area (Å²) in [5.74, 6) is 0.943. The maximum atomic E-state index is 12.5. The van der Waals surface area contributed by atoms with E-state index >= 15 is 0 Å². The van der Waals surface area contributed by atoms with Crippen LogP contribution in [0.4, 0.5) is 13.2 Å². The van der Waals surface area contributed by atoms with Gasteiger partial charge in [0.1, 0.15) is 5.75 Å². The van der Waals surface area contributed by atoms with E-state index in [9.17, 15) is 18.0 Å². The van der Waals surface area contributed by atoms with Gasteiger partial charge in [-0.05, 0) is 73.9 Å². The number of amides is 1. The van der Waals surface area contributed by atoms with Crippen molar-refractivity contribution in [2.75, 3.05) is 13.7 Å². The van der Waals surface area contributed by atoms with E-state index in [0.29, 0.717) is 25.1 Å². The number of halogens is 3. The summed E-state index contributed by atoms with van der Waals surface area (Å²) >= 11 is 0. The molecule has 1 heterocycles. The highest BCUT2D eigenvalue weighted by molar-refractivity contribution is 5.80. The number of benzene rings is 2. The Bertz CT molecular complexity index is 955. The molecule has 1 saturated heterocycles. The van der Waals surface area contributed by atoms with Crippen molar-refractivity contribution in [3.8, 4) is 17.2 Å². The average Bonchev–Trinajstić information content (AvgIpc) is 3.29. The molecule has 5 nitrogen and oxygen atoms in total. The van der Waals surface area contributed by atoms with Crippen molar-refractivity contribution in [2.24, 2.45) is 5.92 Å². The van der Waals surface area contributed by atoms with Crippen LogP contribution in [0.25, 0.3) is 0 Å². The Morgan fingerprint density at radius 1 is 1.03 bits per heavy atom. The van der Waals surface area contributed by atoms with Gasteiger partial charge in [-0.2, -0.15) is 0 Å². The molecule has 1 aliphatic carbocycles. The van der Waals surface area contributed by atoms with Gasteiger partial charge in [-0.15, -0.1) is 13.2 Å². The van der Waals surface area contributed by atoms with Crippen LogP contribution in [0, 0.1) is 5.92 Å². The molecule has 1 aliphatic heterocycles. The number of hydrogen-bond donors (Lipinski definition) is 1. The molecule has 4 rings (SSSR count). The summed E-state index contributed by atoms with van der Waals surface area (Å²) in [5.41, 5.74) is 1.85. The molecule has 178 valence electrons. The molecular formula is C25H28F3NO4. The standard InChI is InChI=1S/C25H28F3NO4/c1-31-22-11-8-17(14-23(22)32-20-4-2-3-5-20)19-13-18(24(30)29-15-19)12-16-6-9-21(10-7-16)33-25(26,27)28/h6-11,14,18-20H,2-5,12-13,15H2,1H3,(H,29,30)/t18-,19-/m1/s1. The number of hydrogen-bond acceptors (Lipinski definition) is 4. The van der Waals surface area contributed by atoms with Crippen LogP contribution in [0.2, 0.25) is 0 Å². The largest absolute Gasteiger partial charge is 0.573 e. The van der Waals surface area contributed by atoms with Gasteiger partial charge < -0.3 is 19.5 Å². The summed E-state index contributed by atoms with van der Waals surface area (Å²) in [6.07, 6.45) is 0.994. The SMILES string of the molecule is COc1ccc([C@H]2CNC(=O)[C@H](Cc3ccc(OC(F)(F)F)cc3)C2)cc1OC1CCCC1. The van der Waals surface area contributed by atoms with Gasteiger partial charge in [0.25, 0.3) is 0 Å². The highest BCUT2D eigenvalue weighted by Gasteiger charge is 2.32. The topological polar surface area (TPSA) is 56.8 Å². The zero-order chi connectivity index (χ0) is 23.4. The molecule has 1 N–H and O–H groups in total. The summed E-state index contributed by atoms with van der Waals surface area (Å²) in [6.45, 7) is 0.531. The second-order valence-electron chi connectivity index (χ2n) is 8.71. The van der Waals surface area contributed by atoms with Gasteiger partial charge >= 0.3 is 6.36 Å². The number of nitrogens with one attached hydrogen (secondary N) is 1. The van der Waals surface area contributed by atoms with Crippen LogP contribution in [0.15, 0.2) is 42.5 Å². The van der Waals surface area contributed by atoms with Crippen LogP contribution in [0.3, 0.4) is 0 Å². The van der Waals surface area contributed by atoms with Crippen molar-refractivity contribution < 1.29 is 32.2 Å². The smallest absolute Gasteiger partial charge is 0.493 e. The second-order valence-corrected chi connectivity index (χ2v) is 8.71.